The zero-order valence-electron chi connectivity index (χ0n) is 36.6. The number of pyridine rings is 1. The molecule has 1 saturated heterocycles. The number of ether oxygens (including phenoxy) is 1. The molecule has 5 heterocycles. The van der Waals surface area contributed by atoms with Crippen LogP contribution in [0.5, 0.6) is 5.75 Å². The number of hydrogen-bond acceptors (Lipinski definition) is 15. The molecule has 0 radical (unpaired) electrons. The average molecular weight is 882 g/mol. The number of allylic oxidation sites excluding steroid dienone is 1. The third kappa shape index (κ3) is 11.7. The minimum Gasteiger partial charge on any atom is -0.484 e. The van der Waals surface area contributed by atoms with Crippen molar-refractivity contribution in [3.8, 4) is 5.75 Å². The maximum atomic E-state index is 12.7. The summed E-state index contributed by atoms with van der Waals surface area (Å²) in [6.07, 6.45) is 8.97. The first kappa shape index (κ1) is 45.4. The van der Waals surface area contributed by atoms with Gasteiger partial charge in [-0.1, -0.05) is 31.5 Å². The van der Waals surface area contributed by atoms with Crippen molar-refractivity contribution >= 4 is 69.3 Å². The number of carbonyl (C=O) groups is 4. The van der Waals surface area contributed by atoms with Crippen LogP contribution in [0.4, 0.5) is 23.3 Å². The molecule has 2 atom stereocenters. The number of unbranched alkanes of at least 4 members (excludes halogenated alkanes) is 2. The van der Waals surface area contributed by atoms with Crippen molar-refractivity contribution in [3.63, 3.8) is 0 Å². The molecule has 1 aliphatic carbocycles. The molecule has 1 saturated carbocycles. The fourth-order valence-corrected chi connectivity index (χ4v) is 9.28. The van der Waals surface area contributed by atoms with Gasteiger partial charge in [0.25, 0.3) is 11.8 Å². The lowest BCUT2D eigenvalue weighted by Crippen LogP contribution is -2.49. The van der Waals surface area contributed by atoms with E-state index in [0.29, 0.717) is 76.6 Å². The lowest BCUT2D eigenvalue weighted by molar-refractivity contribution is -0.123. The van der Waals surface area contributed by atoms with Gasteiger partial charge in [0.15, 0.2) is 23.8 Å². The standard InChI is InChI=1S/C45H59N11O6S/c1-28-22-34(13-14-35(28)42(60)53-45-50-23-29(2)63-45)62-27-39(59)47-17-9-5-8-16-46-38(58)26-54-18-20-55(21-19-54)33-12-15-37(48-24-33)51-44-49-25-36-30(3)40(31(4)57)43(61)56(41(36)52-44)32-10-6-7-11-32/h12-15,22,24-25,29,32,43,61H,5-11,16-21,23,26-27H2,1-4H3,(H,46,58)(H,47,59)(H,50,53,60)(H,48,49,51,52). The number of thioether (sulfide) groups is 1. The highest BCUT2D eigenvalue weighted by Gasteiger charge is 2.39. The number of piperazine rings is 1. The van der Waals surface area contributed by atoms with Crippen LogP contribution >= 0.6 is 11.8 Å². The number of rotatable bonds is 17. The van der Waals surface area contributed by atoms with Gasteiger partial charge < -0.3 is 40.9 Å². The highest BCUT2D eigenvalue weighted by molar-refractivity contribution is 8.14. The molecule has 0 spiro atoms. The first-order chi connectivity index (χ1) is 30.4. The Balaban J connectivity index is 0.759. The van der Waals surface area contributed by atoms with Gasteiger partial charge in [0, 0.05) is 73.5 Å². The maximum absolute atomic E-state index is 12.7. The number of amidine groups is 1. The van der Waals surface area contributed by atoms with Crippen molar-refractivity contribution in [1.29, 1.82) is 0 Å². The van der Waals surface area contributed by atoms with Crippen LogP contribution in [0.25, 0.3) is 5.57 Å². The number of aromatic nitrogens is 3. The number of nitrogens with one attached hydrogen (secondary N) is 4. The molecular weight excluding hydrogens is 823 g/mol. The lowest BCUT2D eigenvalue weighted by Gasteiger charge is -2.40. The van der Waals surface area contributed by atoms with Crippen LogP contribution < -0.4 is 35.8 Å². The molecule has 4 aliphatic rings. The van der Waals surface area contributed by atoms with Gasteiger partial charge in [0.1, 0.15) is 17.4 Å². The molecule has 3 aromatic rings. The van der Waals surface area contributed by atoms with Crippen LogP contribution in [-0.2, 0) is 14.4 Å². The number of fused-ring (bicyclic) bond motifs is 1. The molecule has 2 unspecified atom stereocenters. The number of anilines is 4. The van der Waals surface area contributed by atoms with Crippen molar-refractivity contribution in [3.05, 3.63) is 65.0 Å². The van der Waals surface area contributed by atoms with Crippen LogP contribution in [0, 0.1) is 6.92 Å². The smallest absolute Gasteiger partial charge is 0.257 e. The van der Waals surface area contributed by atoms with E-state index < -0.39 is 6.23 Å². The number of benzene rings is 1. The molecule has 3 amide bonds. The Bertz CT molecular complexity index is 2210. The third-order valence-electron chi connectivity index (χ3n) is 11.9. The zero-order valence-corrected chi connectivity index (χ0v) is 37.4. The first-order valence-corrected chi connectivity index (χ1v) is 22.9. The molecule has 7 rings (SSSR count). The summed E-state index contributed by atoms with van der Waals surface area (Å²) in [4.78, 5) is 74.8. The topological polar surface area (TPSA) is 207 Å². The summed E-state index contributed by atoms with van der Waals surface area (Å²) in [5.74, 6) is 1.52. The summed E-state index contributed by atoms with van der Waals surface area (Å²) in [6.45, 7) is 12.3. The van der Waals surface area contributed by atoms with Gasteiger partial charge in [-0.15, -0.1) is 0 Å². The van der Waals surface area contributed by atoms with E-state index in [0.717, 1.165) is 87.9 Å². The van der Waals surface area contributed by atoms with E-state index in [4.69, 9.17) is 9.72 Å². The number of Topliss-reactive ketones (excluding diaryl/α,β-unsaturated/α-hetero) is 1. The Labute approximate surface area is 372 Å². The minimum atomic E-state index is -1.04. The van der Waals surface area contributed by atoms with Gasteiger partial charge in [-0.05, 0) is 94.3 Å². The molecule has 1 aromatic carbocycles. The van der Waals surface area contributed by atoms with Crippen molar-refractivity contribution in [2.45, 2.75) is 90.2 Å². The SMILES string of the molecule is CC(=O)C1=C(C)c2cnc(Nc3ccc(N4CCN(CC(=O)NCCCCCNC(=O)COc5ccc(C(=O)NC6=NCC(C)S6)c(C)c5)CC4)cn3)nc2N(C2CCCC2)C1O. The number of ketones is 1. The molecule has 336 valence electrons. The van der Waals surface area contributed by atoms with E-state index >= 15 is 0 Å². The molecule has 5 N–H and O–H groups in total. The molecule has 2 aromatic heterocycles. The first-order valence-electron chi connectivity index (χ1n) is 22.0. The second-order valence-electron chi connectivity index (χ2n) is 16.6. The van der Waals surface area contributed by atoms with Crippen molar-refractivity contribution in [2.24, 2.45) is 4.99 Å². The maximum Gasteiger partial charge on any atom is 0.257 e. The van der Waals surface area contributed by atoms with Crippen LogP contribution in [0.1, 0.15) is 87.2 Å². The summed E-state index contributed by atoms with van der Waals surface area (Å²) in [5, 5.41) is 24.3. The molecule has 3 aliphatic heterocycles. The average Bonchev–Trinajstić information content (AvgIpc) is 3.95. The second-order valence-corrected chi connectivity index (χ2v) is 18.0. The van der Waals surface area contributed by atoms with E-state index in [1.54, 1.807) is 36.2 Å². The summed E-state index contributed by atoms with van der Waals surface area (Å²) in [5.41, 5.74) is 4.12. The van der Waals surface area contributed by atoms with E-state index in [1.165, 1.54) is 6.92 Å². The normalized spacial score (nSPS) is 19.1. The van der Waals surface area contributed by atoms with Crippen molar-refractivity contribution in [1.82, 2.24) is 35.8 Å². The number of aliphatic hydroxyl groups is 1. The van der Waals surface area contributed by atoms with Gasteiger partial charge in [0.2, 0.25) is 11.9 Å². The van der Waals surface area contributed by atoms with E-state index in [9.17, 15) is 24.3 Å². The number of aliphatic imine (C=N–C) groups is 1. The number of hydrogen-bond donors (Lipinski definition) is 5. The lowest BCUT2D eigenvalue weighted by atomic mass is 9.93. The van der Waals surface area contributed by atoms with E-state index in [1.807, 2.05) is 37.1 Å². The highest BCUT2D eigenvalue weighted by atomic mass is 32.2. The van der Waals surface area contributed by atoms with Crippen LogP contribution in [0.3, 0.4) is 0 Å². The van der Waals surface area contributed by atoms with Crippen molar-refractivity contribution in [2.75, 3.05) is 74.1 Å². The Morgan fingerprint density at radius 2 is 1.67 bits per heavy atom. The van der Waals surface area contributed by atoms with Gasteiger partial charge in [0.05, 0.1) is 25.0 Å². The summed E-state index contributed by atoms with van der Waals surface area (Å²) < 4.78 is 5.66. The molecular formula is C45H59N11O6S. The summed E-state index contributed by atoms with van der Waals surface area (Å²) >= 11 is 1.55. The molecule has 2 fully saturated rings. The quantitative estimate of drug-likeness (QED) is 0.121. The number of carbonyl (C=O) groups excluding carboxylic acids is 4. The Hall–Kier alpha value is -5.59. The third-order valence-corrected chi connectivity index (χ3v) is 12.9. The number of aliphatic hydroxyl groups excluding tert-OH is 1. The minimum absolute atomic E-state index is 0.00231. The monoisotopic (exact) mass is 881 g/mol. The molecule has 18 heteroatoms. The number of nitrogens with zero attached hydrogens (tertiary/aromatic N) is 7. The summed E-state index contributed by atoms with van der Waals surface area (Å²) in [6, 6.07) is 9.12. The van der Waals surface area contributed by atoms with Gasteiger partial charge in [-0.2, -0.15) is 4.98 Å². The van der Waals surface area contributed by atoms with Gasteiger partial charge in [-0.25, -0.2) is 9.97 Å². The van der Waals surface area contributed by atoms with Crippen LogP contribution in [-0.4, -0.2) is 130 Å². The predicted molar refractivity (Wildman–Crippen MR) is 246 cm³/mol. The zero-order chi connectivity index (χ0) is 44.5. The predicted octanol–water partition coefficient (Wildman–Crippen LogP) is 4.19. The fourth-order valence-electron chi connectivity index (χ4n) is 8.45. The van der Waals surface area contributed by atoms with Crippen molar-refractivity contribution < 1.29 is 29.0 Å². The number of aryl methyl sites for hydroxylation is 1. The molecule has 17 nitrogen and oxygen atoms in total. The highest BCUT2D eigenvalue weighted by Crippen LogP contribution is 2.41. The second kappa shape index (κ2) is 21.2. The Morgan fingerprint density at radius 1 is 0.921 bits per heavy atom. The van der Waals surface area contributed by atoms with Crippen LogP contribution in [0.15, 0.2) is 53.3 Å². The Morgan fingerprint density at radius 3 is 2.33 bits per heavy atom. The summed E-state index contributed by atoms with van der Waals surface area (Å²) in [7, 11) is 0. The van der Waals surface area contributed by atoms with Crippen LogP contribution in [0.2, 0.25) is 0 Å². The van der Waals surface area contributed by atoms with Gasteiger partial charge >= 0.3 is 0 Å². The fraction of sp³-hybridized carbons (Fsp3) is 0.511. The van der Waals surface area contributed by atoms with E-state index in [2.05, 4.69) is 53.0 Å². The number of amides is 3. The largest absolute Gasteiger partial charge is 0.484 e. The molecule has 63 heavy (non-hydrogen) atoms. The Kier molecular flexibility index (Phi) is 15.3. The molecule has 0 bridgehead atoms. The van der Waals surface area contributed by atoms with E-state index in [-0.39, 0.29) is 36.2 Å². The van der Waals surface area contributed by atoms with Gasteiger partial charge in [-0.3, -0.25) is 29.1 Å².